The van der Waals surface area contributed by atoms with Gasteiger partial charge in [-0.25, -0.2) is 18.1 Å². The van der Waals surface area contributed by atoms with Gasteiger partial charge in [0.25, 0.3) is 15.9 Å². The monoisotopic (exact) mass is 563 g/mol. The first-order chi connectivity index (χ1) is 18.8. The zero-order chi connectivity index (χ0) is 28.8. The lowest BCUT2D eigenvalue weighted by atomic mass is 9.92. The van der Waals surface area contributed by atoms with E-state index >= 15 is 0 Å². The molecule has 1 aromatic heterocycles. The Morgan fingerprint density at radius 3 is 2.45 bits per heavy atom. The van der Waals surface area contributed by atoms with Gasteiger partial charge in [-0.2, -0.15) is 4.98 Å². The number of anilines is 1. The SMILES string of the molecule is Cc1cccc(C)c1-c1cc2nc(n1)NS(=O)(=O)c1cccc(c1)C(=O)N[C@@H]1CN(C(=O)CC(C)(C)C)C[C@H]1O2. The van der Waals surface area contributed by atoms with Crippen LogP contribution in [0.25, 0.3) is 11.3 Å². The normalized spacial score (nSPS) is 20.1. The van der Waals surface area contributed by atoms with E-state index in [2.05, 4.69) is 20.0 Å². The number of carbonyl (C=O) groups is 2. The van der Waals surface area contributed by atoms with E-state index in [1.165, 1.54) is 24.3 Å². The zero-order valence-electron chi connectivity index (χ0n) is 23.2. The second-order valence-corrected chi connectivity index (χ2v) is 13.3. The molecule has 2 aliphatic rings. The van der Waals surface area contributed by atoms with Crippen LogP contribution in [0.5, 0.6) is 5.88 Å². The molecule has 5 rings (SSSR count). The Morgan fingerprint density at radius 1 is 1.05 bits per heavy atom. The highest BCUT2D eigenvalue weighted by atomic mass is 32.2. The number of nitrogens with one attached hydrogen (secondary N) is 2. The molecule has 4 bridgehead atoms. The minimum Gasteiger partial charge on any atom is -0.470 e. The number of amides is 2. The molecule has 1 saturated heterocycles. The highest BCUT2D eigenvalue weighted by molar-refractivity contribution is 7.92. The Bertz CT molecular complexity index is 1580. The lowest BCUT2D eigenvalue weighted by molar-refractivity contribution is -0.132. The van der Waals surface area contributed by atoms with Gasteiger partial charge >= 0.3 is 0 Å². The Morgan fingerprint density at radius 2 is 1.75 bits per heavy atom. The Balaban J connectivity index is 1.61. The summed E-state index contributed by atoms with van der Waals surface area (Å²) in [4.78, 5) is 36.9. The van der Waals surface area contributed by atoms with Crippen LogP contribution in [0, 0.1) is 19.3 Å². The number of likely N-dealkylation sites (tertiary alicyclic amines) is 1. The van der Waals surface area contributed by atoms with Crippen LogP contribution in [-0.2, 0) is 14.8 Å². The molecule has 0 spiro atoms. The Labute approximate surface area is 234 Å². The van der Waals surface area contributed by atoms with Crippen LogP contribution < -0.4 is 14.8 Å². The topological polar surface area (TPSA) is 131 Å². The van der Waals surface area contributed by atoms with Crippen molar-refractivity contribution in [1.29, 1.82) is 0 Å². The van der Waals surface area contributed by atoms with Crippen molar-refractivity contribution in [2.75, 3.05) is 17.8 Å². The number of sulfonamides is 1. The number of aromatic nitrogens is 2. The van der Waals surface area contributed by atoms with E-state index in [1.807, 2.05) is 52.8 Å². The molecule has 3 aromatic rings. The highest BCUT2D eigenvalue weighted by Crippen LogP contribution is 2.31. The van der Waals surface area contributed by atoms with Crippen molar-refractivity contribution in [2.24, 2.45) is 5.41 Å². The number of benzene rings is 2. The fourth-order valence-electron chi connectivity index (χ4n) is 5.07. The van der Waals surface area contributed by atoms with E-state index in [9.17, 15) is 18.0 Å². The fourth-order valence-corrected chi connectivity index (χ4v) is 6.06. The summed E-state index contributed by atoms with van der Waals surface area (Å²) in [6.45, 7) is 10.4. The average Bonchev–Trinajstić information content (AvgIpc) is 3.24. The molecule has 0 unspecified atom stereocenters. The molecular formula is C29H33N5O5S. The Hall–Kier alpha value is -3.99. The summed E-state index contributed by atoms with van der Waals surface area (Å²) in [6.07, 6.45) is -0.277. The summed E-state index contributed by atoms with van der Waals surface area (Å²) in [5, 5.41) is 2.96. The van der Waals surface area contributed by atoms with E-state index in [1.54, 1.807) is 11.0 Å². The summed E-state index contributed by atoms with van der Waals surface area (Å²) in [5.41, 5.74) is 3.19. The number of nitrogens with zero attached hydrogens (tertiary/aromatic N) is 3. The van der Waals surface area contributed by atoms with Gasteiger partial charge in [-0.1, -0.05) is 45.0 Å². The molecule has 2 N–H and O–H groups in total. The Kier molecular flexibility index (Phi) is 7.03. The molecule has 2 aromatic carbocycles. The number of carbonyl (C=O) groups excluding carboxylic acids is 2. The van der Waals surface area contributed by atoms with Gasteiger partial charge in [0.2, 0.25) is 17.7 Å². The lowest BCUT2D eigenvalue weighted by Crippen LogP contribution is -2.45. The van der Waals surface area contributed by atoms with E-state index in [0.29, 0.717) is 12.1 Å². The van der Waals surface area contributed by atoms with Crippen LogP contribution in [0.15, 0.2) is 53.4 Å². The summed E-state index contributed by atoms with van der Waals surface area (Å²) in [7, 11) is -4.12. The first-order valence-corrected chi connectivity index (χ1v) is 14.6. The summed E-state index contributed by atoms with van der Waals surface area (Å²) >= 11 is 0. The molecule has 2 atom stereocenters. The summed E-state index contributed by atoms with van der Waals surface area (Å²) in [5.74, 6) is -0.526. The van der Waals surface area contributed by atoms with Gasteiger partial charge < -0.3 is 15.0 Å². The van der Waals surface area contributed by atoms with Crippen molar-refractivity contribution in [1.82, 2.24) is 20.2 Å². The minimum absolute atomic E-state index is 0.0340. The highest BCUT2D eigenvalue weighted by Gasteiger charge is 2.39. The van der Waals surface area contributed by atoms with Gasteiger partial charge in [0.1, 0.15) is 6.10 Å². The van der Waals surface area contributed by atoms with Crippen LogP contribution in [-0.4, -0.2) is 60.3 Å². The molecule has 0 saturated carbocycles. The van der Waals surface area contributed by atoms with Crippen molar-refractivity contribution < 1.29 is 22.7 Å². The van der Waals surface area contributed by atoms with Crippen LogP contribution in [0.1, 0.15) is 48.7 Å². The standard InChI is InChI=1S/C29H33N5O5S/c1-17-8-6-9-18(2)26(17)21-13-24-32-28(31-21)33-40(37,38)20-11-7-10-19(12-20)27(36)30-22-15-34(16-23(22)39-24)25(35)14-29(3,4)5/h6-13,22-23H,14-16H2,1-5H3,(H,30,36)(H,31,32,33)/t22-,23-/m1/s1. The van der Waals surface area contributed by atoms with Crippen molar-refractivity contribution >= 4 is 27.8 Å². The third-order valence-electron chi connectivity index (χ3n) is 6.96. The number of fused-ring (bicyclic) bond motifs is 5. The average molecular weight is 564 g/mol. The first kappa shape index (κ1) is 27.6. The maximum Gasteiger partial charge on any atom is 0.264 e. The molecule has 40 heavy (non-hydrogen) atoms. The van der Waals surface area contributed by atoms with E-state index in [0.717, 1.165) is 16.7 Å². The van der Waals surface area contributed by atoms with E-state index < -0.39 is 28.1 Å². The number of hydrogen-bond acceptors (Lipinski definition) is 7. The number of rotatable bonds is 2. The molecular weight excluding hydrogens is 530 g/mol. The molecule has 11 heteroatoms. The molecule has 1 fully saturated rings. The van der Waals surface area contributed by atoms with Gasteiger partial charge in [-0.3, -0.25) is 9.59 Å². The smallest absolute Gasteiger partial charge is 0.264 e. The van der Waals surface area contributed by atoms with Crippen molar-refractivity contribution in [3.8, 4) is 17.1 Å². The van der Waals surface area contributed by atoms with Gasteiger partial charge in [0.15, 0.2) is 0 Å². The quantitative estimate of drug-likeness (QED) is 0.486. The molecule has 2 amide bonds. The van der Waals surface area contributed by atoms with Gasteiger partial charge in [-0.05, 0) is 48.6 Å². The van der Waals surface area contributed by atoms with Gasteiger partial charge in [-0.15, -0.1) is 0 Å². The van der Waals surface area contributed by atoms with Crippen LogP contribution in [0.3, 0.4) is 0 Å². The lowest BCUT2D eigenvalue weighted by Gasteiger charge is -2.23. The van der Waals surface area contributed by atoms with Crippen LogP contribution >= 0.6 is 0 Å². The zero-order valence-corrected chi connectivity index (χ0v) is 24.0. The largest absolute Gasteiger partial charge is 0.470 e. The molecule has 10 nitrogen and oxygen atoms in total. The van der Waals surface area contributed by atoms with Crippen molar-refractivity contribution in [3.05, 3.63) is 65.2 Å². The maximum atomic E-state index is 13.3. The molecule has 3 heterocycles. The fraction of sp³-hybridized carbons (Fsp3) is 0.379. The molecule has 0 aliphatic carbocycles. The first-order valence-electron chi connectivity index (χ1n) is 13.1. The second-order valence-electron chi connectivity index (χ2n) is 11.6. The van der Waals surface area contributed by atoms with Gasteiger partial charge in [0.05, 0.1) is 23.2 Å². The van der Waals surface area contributed by atoms with E-state index in [4.69, 9.17) is 4.74 Å². The van der Waals surface area contributed by atoms with Crippen molar-refractivity contribution in [3.63, 3.8) is 0 Å². The van der Waals surface area contributed by atoms with Crippen LogP contribution in [0.4, 0.5) is 5.95 Å². The third kappa shape index (κ3) is 5.79. The van der Waals surface area contributed by atoms with Gasteiger partial charge in [0, 0.05) is 30.2 Å². The second kappa shape index (κ2) is 10.2. The molecule has 0 radical (unpaired) electrons. The molecule has 210 valence electrons. The maximum absolute atomic E-state index is 13.3. The molecule has 2 aliphatic heterocycles. The van der Waals surface area contributed by atoms with Crippen molar-refractivity contribution in [2.45, 2.75) is 58.1 Å². The summed E-state index contributed by atoms with van der Waals surface area (Å²) in [6, 6.07) is 12.7. The van der Waals surface area contributed by atoms with Crippen LogP contribution in [0.2, 0.25) is 0 Å². The number of hydrogen-bond donors (Lipinski definition) is 2. The third-order valence-corrected chi connectivity index (χ3v) is 8.29. The number of ether oxygens (including phenoxy) is 1. The predicted molar refractivity (Wildman–Crippen MR) is 151 cm³/mol. The minimum atomic E-state index is -4.12. The summed E-state index contributed by atoms with van der Waals surface area (Å²) < 4.78 is 35.3. The van der Waals surface area contributed by atoms with E-state index in [-0.39, 0.29) is 46.7 Å². The predicted octanol–water partition coefficient (Wildman–Crippen LogP) is 3.70. The number of aryl methyl sites for hydroxylation is 2.